The van der Waals surface area contributed by atoms with Crippen molar-refractivity contribution >= 4 is 11.6 Å². The molecule has 0 atom stereocenters. The van der Waals surface area contributed by atoms with Crippen molar-refractivity contribution in [1.29, 1.82) is 0 Å². The second-order valence-corrected chi connectivity index (χ2v) is 4.27. The van der Waals surface area contributed by atoms with Crippen LogP contribution in [0.5, 0.6) is 5.75 Å². The van der Waals surface area contributed by atoms with Gasteiger partial charge in [0.25, 0.3) is 5.91 Å². The molecule has 2 aromatic rings. The van der Waals surface area contributed by atoms with Gasteiger partial charge in [0.2, 0.25) is 0 Å². The Balaban J connectivity index is 2.15. The summed E-state index contributed by atoms with van der Waals surface area (Å²) < 4.78 is 5.11. The SMILES string of the molecule is COc1cccc(C(=O)Nc2cccc(C#CCN)c2)c1. The van der Waals surface area contributed by atoms with Crippen LogP contribution in [0.25, 0.3) is 0 Å². The minimum Gasteiger partial charge on any atom is -0.497 e. The first-order valence-corrected chi connectivity index (χ1v) is 6.47. The number of carbonyl (C=O) groups excluding carboxylic acids is 1. The van der Waals surface area contributed by atoms with E-state index in [1.54, 1.807) is 37.4 Å². The molecule has 0 radical (unpaired) electrons. The number of benzene rings is 2. The lowest BCUT2D eigenvalue weighted by atomic mass is 10.1. The van der Waals surface area contributed by atoms with Crippen LogP contribution in [0.1, 0.15) is 15.9 Å². The van der Waals surface area contributed by atoms with Gasteiger partial charge in [0, 0.05) is 16.8 Å². The summed E-state index contributed by atoms with van der Waals surface area (Å²) in [4.78, 5) is 12.2. The molecule has 0 saturated heterocycles. The zero-order valence-electron chi connectivity index (χ0n) is 11.7. The van der Waals surface area contributed by atoms with E-state index in [0.717, 1.165) is 5.56 Å². The predicted molar refractivity (Wildman–Crippen MR) is 83.3 cm³/mol. The van der Waals surface area contributed by atoms with Crippen molar-refractivity contribution < 1.29 is 9.53 Å². The van der Waals surface area contributed by atoms with Crippen molar-refractivity contribution in [3.63, 3.8) is 0 Å². The molecule has 0 heterocycles. The Morgan fingerprint density at radius 2 is 2.05 bits per heavy atom. The summed E-state index contributed by atoms with van der Waals surface area (Å²) in [6.07, 6.45) is 0. The van der Waals surface area contributed by atoms with Crippen LogP contribution in [-0.2, 0) is 0 Å². The summed E-state index contributed by atoms with van der Waals surface area (Å²) in [6, 6.07) is 14.3. The average Bonchev–Trinajstić information content (AvgIpc) is 2.53. The van der Waals surface area contributed by atoms with Gasteiger partial charge in [-0.25, -0.2) is 0 Å². The Morgan fingerprint density at radius 1 is 1.24 bits per heavy atom. The van der Waals surface area contributed by atoms with Gasteiger partial charge in [0.05, 0.1) is 13.7 Å². The molecule has 4 nitrogen and oxygen atoms in total. The number of nitrogens with two attached hydrogens (primary N) is 1. The van der Waals surface area contributed by atoms with E-state index < -0.39 is 0 Å². The first-order chi connectivity index (χ1) is 10.2. The molecule has 0 unspecified atom stereocenters. The number of methoxy groups -OCH3 is 1. The molecule has 4 heteroatoms. The van der Waals surface area contributed by atoms with Gasteiger partial charge >= 0.3 is 0 Å². The highest BCUT2D eigenvalue weighted by molar-refractivity contribution is 6.04. The second-order valence-electron chi connectivity index (χ2n) is 4.27. The largest absolute Gasteiger partial charge is 0.497 e. The van der Waals surface area contributed by atoms with E-state index >= 15 is 0 Å². The lowest BCUT2D eigenvalue weighted by Gasteiger charge is -2.07. The Kier molecular flexibility index (Phi) is 4.97. The lowest BCUT2D eigenvalue weighted by molar-refractivity contribution is 0.102. The summed E-state index contributed by atoms with van der Waals surface area (Å²) in [5, 5.41) is 2.83. The van der Waals surface area contributed by atoms with Crippen LogP contribution in [0.4, 0.5) is 5.69 Å². The van der Waals surface area contributed by atoms with Crippen LogP contribution in [0.3, 0.4) is 0 Å². The first kappa shape index (κ1) is 14.6. The highest BCUT2D eigenvalue weighted by atomic mass is 16.5. The summed E-state index contributed by atoms with van der Waals surface area (Å²) in [5.41, 5.74) is 7.37. The van der Waals surface area contributed by atoms with E-state index in [9.17, 15) is 4.79 Å². The van der Waals surface area contributed by atoms with Gasteiger partial charge in [-0.2, -0.15) is 0 Å². The maximum Gasteiger partial charge on any atom is 0.255 e. The molecule has 0 aromatic heterocycles. The van der Waals surface area contributed by atoms with E-state index in [1.807, 2.05) is 18.2 Å². The van der Waals surface area contributed by atoms with Gasteiger partial charge in [-0.05, 0) is 36.4 Å². The van der Waals surface area contributed by atoms with Crippen LogP contribution in [-0.4, -0.2) is 19.6 Å². The predicted octanol–water partition coefficient (Wildman–Crippen LogP) is 2.26. The van der Waals surface area contributed by atoms with Gasteiger partial charge in [-0.15, -0.1) is 0 Å². The standard InChI is InChI=1S/C17H16N2O2/c1-21-16-9-3-7-14(12-16)17(20)19-15-8-2-5-13(11-15)6-4-10-18/h2-3,5,7-9,11-12H,10,18H2,1H3,(H,19,20). The first-order valence-electron chi connectivity index (χ1n) is 6.47. The van der Waals surface area contributed by atoms with Crippen molar-refractivity contribution in [3.05, 3.63) is 59.7 Å². The summed E-state index contributed by atoms with van der Waals surface area (Å²) >= 11 is 0. The minimum atomic E-state index is -0.196. The molecule has 0 spiro atoms. The smallest absolute Gasteiger partial charge is 0.255 e. The average molecular weight is 280 g/mol. The molecule has 0 aliphatic carbocycles. The Labute approximate surface area is 123 Å². The number of nitrogens with one attached hydrogen (secondary N) is 1. The Hall–Kier alpha value is -2.77. The van der Waals surface area contributed by atoms with E-state index in [0.29, 0.717) is 23.5 Å². The quantitative estimate of drug-likeness (QED) is 0.848. The molecule has 106 valence electrons. The van der Waals surface area contributed by atoms with E-state index in [-0.39, 0.29) is 5.91 Å². The maximum atomic E-state index is 12.2. The van der Waals surface area contributed by atoms with Crippen molar-refractivity contribution in [2.24, 2.45) is 5.73 Å². The van der Waals surface area contributed by atoms with Gasteiger partial charge in [-0.1, -0.05) is 24.0 Å². The molecule has 0 saturated carbocycles. The lowest BCUT2D eigenvalue weighted by Crippen LogP contribution is -2.11. The molecule has 1 amide bonds. The molecule has 0 fully saturated rings. The van der Waals surface area contributed by atoms with Crippen LogP contribution in [0.15, 0.2) is 48.5 Å². The number of hydrogen-bond acceptors (Lipinski definition) is 3. The van der Waals surface area contributed by atoms with Gasteiger partial charge < -0.3 is 15.8 Å². The molecule has 2 rings (SSSR count). The minimum absolute atomic E-state index is 0.196. The summed E-state index contributed by atoms with van der Waals surface area (Å²) in [7, 11) is 1.57. The zero-order chi connectivity index (χ0) is 15.1. The number of hydrogen-bond donors (Lipinski definition) is 2. The second kappa shape index (κ2) is 7.13. The van der Waals surface area contributed by atoms with Gasteiger partial charge in [0.15, 0.2) is 0 Å². The third-order valence-corrected chi connectivity index (χ3v) is 2.79. The van der Waals surface area contributed by atoms with Crippen molar-refractivity contribution in [2.45, 2.75) is 0 Å². The third kappa shape index (κ3) is 4.10. The van der Waals surface area contributed by atoms with E-state index in [1.165, 1.54) is 0 Å². The molecular formula is C17H16N2O2. The highest BCUT2D eigenvalue weighted by Gasteiger charge is 2.07. The number of amides is 1. The van der Waals surface area contributed by atoms with Crippen LogP contribution in [0, 0.1) is 11.8 Å². The van der Waals surface area contributed by atoms with Crippen molar-refractivity contribution in [2.75, 3.05) is 19.0 Å². The fraction of sp³-hybridized carbons (Fsp3) is 0.118. The van der Waals surface area contributed by atoms with E-state index in [2.05, 4.69) is 17.2 Å². The molecule has 0 bridgehead atoms. The topological polar surface area (TPSA) is 64.3 Å². The number of ether oxygens (including phenoxy) is 1. The van der Waals surface area contributed by atoms with E-state index in [4.69, 9.17) is 10.5 Å². The molecule has 21 heavy (non-hydrogen) atoms. The fourth-order valence-electron chi connectivity index (χ4n) is 1.80. The van der Waals surface area contributed by atoms with Gasteiger partial charge in [0.1, 0.15) is 5.75 Å². The molecule has 0 aliphatic heterocycles. The van der Waals surface area contributed by atoms with Crippen LogP contribution in [0.2, 0.25) is 0 Å². The van der Waals surface area contributed by atoms with Crippen molar-refractivity contribution in [1.82, 2.24) is 0 Å². The zero-order valence-corrected chi connectivity index (χ0v) is 11.7. The van der Waals surface area contributed by atoms with Gasteiger partial charge in [-0.3, -0.25) is 4.79 Å². The third-order valence-electron chi connectivity index (χ3n) is 2.79. The Bertz CT molecular complexity index is 699. The van der Waals surface area contributed by atoms with Crippen LogP contribution >= 0.6 is 0 Å². The summed E-state index contributed by atoms with van der Waals surface area (Å²) in [5.74, 6) is 6.16. The molecule has 2 aromatic carbocycles. The monoisotopic (exact) mass is 280 g/mol. The molecule has 0 aliphatic rings. The Morgan fingerprint density at radius 3 is 2.81 bits per heavy atom. The number of rotatable bonds is 3. The molecule has 3 N–H and O–H groups in total. The molecular weight excluding hydrogens is 264 g/mol. The number of anilines is 1. The maximum absolute atomic E-state index is 12.2. The normalized spacial score (nSPS) is 9.43. The van der Waals surface area contributed by atoms with Crippen LogP contribution < -0.4 is 15.8 Å². The van der Waals surface area contributed by atoms with Crippen molar-refractivity contribution in [3.8, 4) is 17.6 Å². The highest BCUT2D eigenvalue weighted by Crippen LogP contribution is 2.15. The number of carbonyl (C=O) groups is 1. The fourth-order valence-corrected chi connectivity index (χ4v) is 1.80. The summed E-state index contributed by atoms with van der Waals surface area (Å²) in [6.45, 7) is 0.306.